The largest absolute Gasteiger partial charge is 0.481 e. The van der Waals surface area contributed by atoms with Gasteiger partial charge in [0.1, 0.15) is 12.1 Å². The number of aromatic nitrogens is 2. The minimum atomic E-state index is -0.644. The number of ether oxygens (including phenoxy) is 2. The summed E-state index contributed by atoms with van der Waals surface area (Å²) >= 11 is 0. The fourth-order valence-electron chi connectivity index (χ4n) is 1.96. The van der Waals surface area contributed by atoms with Gasteiger partial charge in [0.25, 0.3) is 0 Å². The third kappa shape index (κ3) is 3.28. The fraction of sp³-hybridized carbons (Fsp3) is 0.267. The van der Waals surface area contributed by atoms with Gasteiger partial charge in [-0.1, -0.05) is 30.3 Å². The van der Waals surface area contributed by atoms with Gasteiger partial charge in [-0.05, 0) is 12.5 Å². The molecule has 21 heavy (non-hydrogen) atoms. The molecule has 0 saturated heterocycles. The molecule has 1 aromatic carbocycles. The molecule has 2 rings (SSSR count). The normalized spacial score (nSPS) is 11.6. The van der Waals surface area contributed by atoms with Gasteiger partial charge in [-0.25, -0.2) is 14.8 Å². The Hall–Kier alpha value is -2.63. The lowest BCUT2D eigenvalue weighted by Crippen LogP contribution is -2.23. The van der Waals surface area contributed by atoms with Crippen molar-refractivity contribution in [2.75, 3.05) is 19.5 Å². The van der Waals surface area contributed by atoms with Crippen molar-refractivity contribution in [3.63, 3.8) is 0 Å². The molecule has 6 nitrogen and oxygen atoms in total. The van der Waals surface area contributed by atoms with Gasteiger partial charge in [-0.15, -0.1) is 0 Å². The van der Waals surface area contributed by atoms with Crippen molar-refractivity contribution in [2.45, 2.75) is 13.0 Å². The Morgan fingerprint density at radius 2 is 1.90 bits per heavy atom. The maximum Gasteiger partial charge on any atom is 0.333 e. The molecule has 0 saturated carbocycles. The Kier molecular flexibility index (Phi) is 4.71. The monoisotopic (exact) mass is 287 g/mol. The summed E-state index contributed by atoms with van der Waals surface area (Å²) in [4.78, 5) is 20.2. The van der Waals surface area contributed by atoms with Crippen LogP contribution >= 0.6 is 0 Å². The van der Waals surface area contributed by atoms with Crippen molar-refractivity contribution in [3.05, 3.63) is 47.8 Å². The number of carbonyl (C=O) groups is 1. The lowest BCUT2D eigenvalue weighted by Gasteiger charge is -2.19. The molecular formula is C15H17N3O3. The summed E-state index contributed by atoms with van der Waals surface area (Å²) in [6.07, 6.45) is 1.38. The third-order valence-electron chi connectivity index (χ3n) is 3.08. The van der Waals surface area contributed by atoms with Crippen LogP contribution in [0.3, 0.4) is 0 Å². The number of hydrogen-bond acceptors (Lipinski definition) is 6. The summed E-state index contributed by atoms with van der Waals surface area (Å²) in [5.74, 6) is 0.600. The highest BCUT2D eigenvalue weighted by molar-refractivity contribution is 5.81. The van der Waals surface area contributed by atoms with Gasteiger partial charge in [0.05, 0.1) is 19.8 Å². The smallest absolute Gasteiger partial charge is 0.333 e. The number of nitrogens with one attached hydrogen (secondary N) is 1. The van der Waals surface area contributed by atoms with Crippen LogP contribution in [-0.2, 0) is 9.53 Å². The highest BCUT2D eigenvalue weighted by Gasteiger charge is 2.23. The van der Waals surface area contributed by atoms with E-state index >= 15 is 0 Å². The van der Waals surface area contributed by atoms with Crippen LogP contribution in [0.1, 0.15) is 17.2 Å². The minimum Gasteiger partial charge on any atom is -0.481 e. The van der Waals surface area contributed by atoms with Crippen LogP contribution < -0.4 is 10.1 Å². The maximum absolute atomic E-state index is 12.0. The highest BCUT2D eigenvalue weighted by atomic mass is 16.5. The van der Waals surface area contributed by atoms with Crippen molar-refractivity contribution in [1.82, 2.24) is 9.97 Å². The molecule has 1 aromatic heterocycles. The van der Waals surface area contributed by atoms with E-state index in [9.17, 15) is 4.79 Å². The van der Waals surface area contributed by atoms with E-state index in [-0.39, 0.29) is 0 Å². The number of benzene rings is 1. The van der Waals surface area contributed by atoms with Crippen LogP contribution in [0.2, 0.25) is 0 Å². The molecule has 0 aliphatic heterocycles. The molecule has 0 spiro atoms. The van der Waals surface area contributed by atoms with Crippen molar-refractivity contribution in [1.29, 1.82) is 0 Å². The average molecular weight is 287 g/mol. The molecular weight excluding hydrogens is 270 g/mol. The van der Waals surface area contributed by atoms with Crippen LogP contribution in [0, 0.1) is 6.92 Å². The highest BCUT2D eigenvalue weighted by Crippen LogP contribution is 2.25. The first-order chi connectivity index (χ1) is 10.2. The molecule has 0 fully saturated rings. The SMILES string of the molecule is COC(=O)C(Nc1ncnc(OC)c1C)c1ccccc1. The molecule has 0 aliphatic carbocycles. The van der Waals surface area contributed by atoms with E-state index in [1.165, 1.54) is 20.5 Å². The van der Waals surface area contributed by atoms with Gasteiger partial charge in [0.2, 0.25) is 5.88 Å². The number of esters is 1. The first-order valence-corrected chi connectivity index (χ1v) is 6.42. The van der Waals surface area contributed by atoms with Crippen molar-refractivity contribution >= 4 is 11.8 Å². The van der Waals surface area contributed by atoms with Crippen LogP contribution in [-0.4, -0.2) is 30.2 Å². The number of rotatable bonds is 5. The van der Waals surface area contributed by atoms with E-state index < -0.39 is 12.0 Å². The van der Waals surface area contributed by atoms with Gasteiger partial charge < -0.3 is 14.8 Å². The predicted molar refractivity (Wildman–Crippen MR) is 78.1 cm³/mol. The maximum atomic E-state index is 12.0. The summed E-state index contributed by atoms with van der Waals surface area (Å²) in [6.45, 7) is 1.82. The van der Waals surface area contributed by atoms with E-state index in [1.54, 1.807) is 0 Å². The molecule has 2 aromatic rings. The van der Waals surface area contributed by atoms with Crippen LogP contribution in [0.25, 0.3) is 0 Å². The summed E-state index contributed by atoms with van der Waals surface area (Å²) in [6, 6.07) is 8.66. The topological polar surface area (TPSA) is 73.3 Å². The van der Waals surface area contributed by atoms with Crippen LogP contribution in [0.4, 0.5) is 5.82 Å². The Morgan fingerprint density at radius 3 is 2.52 bits per heavy atom. The van der Waals surface area contributed by atoms with Gasteiger partial charge in [0.15, 0.2) is 6.04 Å². The molecule has 0 radical (unpaired) electrons. The zero-order chi connectivity index (χ0) is 15.2. The minimum absolute atomic E-state index is 0.391. The second-order valence-electron chi connectivity index (χ2n) is 4.37. The molecule has 1 N–H and O–H groups in total. The third-order valence-corrected chi connectivity index (χ3v) is 3.08. The zero-order valence-corrected chi connectivity index (χ0v) is 12.2. The zero-order valence-electron chi connectivity index (χ0n) is 12.2. The summed E-state index contributed by atoms with van der Waals surface area (Å²) in [5, 5.41) is 3.08. The number of nitrogens with zero attached hydrogens (tertiary/aromatic N) is 2. The quantitative estimate of drug-likeness (QED) is 0.849. The van der Waals surface area contributed by atoms with Crippen molar-refractivity contribution < 1.29 is 14.3 Å². The van der Waals surface area contributed by atoms with Gasteiger partial charge in [-0.2, -0.15) is 0 Å². The van der Waals surface area contributed by atoms with E-state index in [2.05, 4.69) is 15.3 Å². The van der Waals surface area contributed by atoms with Gasteiger partial charge in [0, 0.05) is 0 Å². The fourth-order valence-corrected chi connectivity index (χ4v) is 1.96. The molecule has 6 heteroatoms. The van der Waals surface area contributed by atoms with E-state index in [1.807, 2.05) is 37.3 Å². The molecule has 0 amide bonds. The Labute approximate surface area is 123 Å². The molecule has 1 atom stereocenters. The van der Waals surface area contributed by atoms with Gasteiger partial charge >= 0.3 is 5.97 Å². The summed E-state index contributed by atoms with van der Waals surface area (Å²) in [7, 11) is 2.89. The first-order valence-electron chi connectivity index (χ1n) is 6.42. The van der Waals surface area contributed by atoms with Crippen LogP contribution in [0.15, 0.2) is 36.7 Å². The molecule has 1 unspecified atom stereocenters. The lowest BCUT2D eigenvalue weighted by atomic mass is 10.1. The number of methoxy groups -OCH3 is 2. The Balaban J connectivity index is 2.34. The molecule has 0 bridgehead atoms. The first kappa shape index (κ1) is 14.8. The van der Waals surface area contributed by atoms with Crippen molar-refractivity contribution in [2.24, 2.45) is 0 Å². The van der Waals surface area contributed by atoms with Gasteiger partial charge in [-0.3, -0.25) is 0 Å². The average Bonchev–Trinajstić information content (AvgIpc) is 2.54. The number of carbonyl (C=O) groups excluding carboxylic acids is 1. The predicted octanol–water partition coefficient (Wildman–Crippen LogP) is 2.12. The number of anilines is 1. The second-order valence-corrected chi connectivity index (χ2v) is 4.37. The van der Waals surface area contributed by atoms with E-state index in [4.69, 9.17) is 9.47 Å². The number of hydrogen-bond donors (Lipinski definition) is 1. The summed E-state index contributed by atoms with van der Waals surface area (Å²) in [5.41, 5.74) is 1.52. The molecule has 0 aliphatic rings. The molecule has 110 valence electrons. The van der Waals surface area contributed by atoms with Crippen molar-refractivity contribution in [3.8, 4) is 5.88 Å². The standard InChI is InChI=1S/C15H17N3O3/c1-10-13(16-9-17-14(10)20-2)18-12(15(19)21-3)11-7-5-4-6-8-11/h4-9,12H,1-3H3,(H,16,17,18). The lowest BCUT2D eigenvalue weighted by molar-refractivity contribution is -0.141. The van der Waals surface area contributed by atoms with E-state index in [0.717, 1.165) is 11.1 Å². The Bertz CT molecular complexity index is 617. The molecule has 1 heterocycles. The summed E-state index contributed by atoms with van der Waals surface area (Å²) < 4.78 is 10.0. The van der Waals surface area contributed by atoms with Crippen LogP contribution in [0.5, 0.6) is 5.88 Å². The Morgan fingerprint density at radius 1 is 1.19 bits per heavy atom. The van der Waals surface area contributed by atoms with E-state index in [0.29, 0.717) is 11.7 Å². The second kappa shape index (κ2) is 6.69.